The van der Waals surface area contributed by atoms with Crippen molar-refractivity contribution >= 4 is 53.1 Å². The molecular weight excluding hydrogens is 563 g/mol. The number of rotatable bonds is 4. The van der Waals surface area contributed by atoms with Gasteiger partial charge in [0, 0.05) is 37.5 Å². The van der Waals surface area contributed by atoms with Crippen LogP contribution in [-0.4, -0.2) is 4.98 Å². The van der Waals surface area contributed by atoms with Crippen LogP contribution in [0.25, 0.3) is 86.4 Å². The average molecular weight is 590 g/mol. The zero-order valence-electron chi connectivity index (χ0n) is 24.4. The molecule has 210 valence electrons. The monoisotopic (exact) mass is 589 g/mol. The maximum absolute atomic E-state index is 5.09. The fraction of sp³-hybridized carbons (Fsp3) is 0. The molecule has 45 heavy (non-hydrogen) atoms. The summed E-state index contributed by atoms with van der Waals surface area (Å²) in [4.78, 5) is 5.09. The van der Waals surface area contributed by atoms with Crippen LogP contribution in [-0.2, 0) is 0 Å². The molecule has 0 aliphatic carbocycles. The Bertz CT molecular complexity index is 2450. The molecule has 2 heteroatoms. The third-order valence-corrected chi connectivity index (χ3v) is 10.2. The second kappa shape index (κ2) is 10.6. The predicted octanol–water partition coefficient (Wildman–Crippen LogP) is 12.4. The van der Waals surface area contributed by atoms with Gasteiger partial charge in [-0.1, -0.05) is 146 Å². The van der Waals surface area contributed by atoms with Crippen molar-refractivity contribution in [1.82, 2.24) is 4.98 Å². The SMILES string of the molecule is c1ccc(-c2ccc(-c3c4ccccc4c(-c4ccc(-c5cccc6c5sc5ccccc56)nc4)c4ccccc34)cc2)cc1. The van der Waals surface area contributed by atoms with E-state index in [4.69, 9.17) is 4.98 Å². The summed E-state index contributed by atoms with van der Waals surface area (Å²) in [6, 6.07) is 56.9. The first kappa shape index (κ1) is 25.9. The maximum atomic E-state index is 5.09. The molecule has 0 fully saturated rings. The molecule has 1 nitrogen and oxygen atoms in total. The Morgan fingerprint density at radius 2 is 0.867 bits per heavy atom. The second-order valence-corrected chi connectivity index (χ2v) is 12.5. The number of benzene rings is 7. The smallest absolute Gasteiger partial charge is 0.0716 e. The van der Waals surface area contributed by atoms with Crippen LogP contribution in [0.1, 0.15) is 0 Å². The van der Waals surface area contributed by atoms with Crippen LogP contribution in [0.4, 0.5) is 0 Å². The van der Waals surface area contributed by atoms with Crippen LogP contribution in [0.15, 0.2) is 164 Å². The van der Waals surface area contributed by atoms with E-state index in [1.54, 1.807) is 0 Å². The fourth-order valence-electron chi connectivity index (χ4n) is 6.86. The molecule has 0 radical (unpaired) electrons. The van der Waals surface area contributed by atoms with Crippen molar-refractivity contribution in [2.45, 2.75) is 0 Å². The molecule has 2 heterocycles. The minimum atomic E-state index is 1.000. The van der Waals surface area contributed by atoms with Gasteiger partial charge in [-0.2, -0.15) is 0 Å². The number of pyridine rings is 1. The molecular formula is C43H27NS. The molecule has 9 aromatic rings. The van der Waals surface area contributed by atoms with Gasteiger partial charge in [-0.15, -0.1) is 11.3 Å². The van der Waals surface area contributed by atoms with Gasteiger partial charge in [0.1, 0.15) is 0 Å². The summed E-state index contributed by atoms with van der Waals surface area (Å²) in [6.07, 6.45) is 2.06. The van der Waals surface area contributed by atoms with E-state index in [0.29, 0.717) is 0 Å². The van der Waals surface area contributed by atoms with Crippen LogP contribution in [0.2, 0.25) is 0 Å². The van der Waals surface area contributed by atoms with E-state index in [2.05, 4.69) is 164 Å². The van der Waals surface area contributed by atoms with Crippen molar-refractivity contribution in [3.05, 3.63) is 164 Å². The molecule has 2 aromatic heterocycles. The van der Waals surface area contributed by atoms with Gasteiger partial charge in [-0.05, 0) is 61.5 Å². The first-order valence-corrected chi connectivity index (χ1v) is 16.1. The molecule has 0 aliphatic heterocycles. The van der Waals surface area contributed by atoms with E-state index in [1.165, 1.54) is 75.1 Å². The van der Waals surface area contributed by atoms with Gasteiger partial charge in [-0.25, -0.2) is 0 Å². The van der Waals surface area contributed by atoms with Crippen molar-refractivity contribution in [2.75, 3.05) is 0 Å². The Hall–Kier alpha value is -5.57. The quantitative estimate of drug-likeness (QED) is 0.186. The standard InChI is InChI=1S/C43H27NS/c1-2-11-28(12-3-1)29-21-23-30(24-22-29)41-33-14-4-6-16-35(33)42(36-17-7-5-15-34(36)41)31-25-26-39(44-27-31)38-19-10-18-37-32-13-8-9-20-40(32)45-43(37)38/h1-27H. The summed E-state index contributed by atoms with van der Waals surface area (Å²) in [5, 5.41) is 7.57. The molecule has 0 amide bonds. The lowest BCUT2D eigenvalue weighted by Gasteiger charge is -2.18. The summed E-state index contributed by atoms with van der Waals surface area (Å²) in [5.41, 5.74) is 9.48. The van der Waals surface area contributed by atoms with Crippen molar-refractivity contribution in [2.24, 2.45) is 0 Å². The summed E-state index contributed by atoms with van der Waals surface area (Å²) >= 11 is 1.85. The van der Waals surface area contributed by atoms with Gasteiger partial charge in [0.2, 0.25) is 0 Å². The highest BCUT2D eigenvalue weighted by Crippen LogP contribution is 2.44. The summed E-state index contributed by atoms with van der Waals surface area (Å²) < 4.78 is 2.60. The Morgan fingerprint density at radius 3 is 1.51 bits per heavy atom. The number of thiophene rings is 1. The summed E-state index contributed by atoms with van der Waals surface area (Å²) in [7, 11) is 0. The van der Waals surface area contributed by atoms with Crippen LogP contribution < -0.4 is 0 Å². The van der Waals surface area contributed by atoms with E-state index in [-0.39, 0.29) is 0 Å². The highest BCUT2D eigenvalue weighted by molar-refractivity contribution is 7.26. The molecule has 7 aromatic carbocycles. The van der Waals surface area contributed by atoms with Crippen molar-refractivity contribution in [1.29, 1.82) is 0 Å². The molecule has 0 aliphatic rings. The van der Waals surface area contributed by atoms with Crippen LogP contribution in [0.5, 0.6) is 0 Å². The summed E-state index contributed by atoms with van der Waals surface area (Å²) in [5.74, 6) is 0. The zero-order chi connectivity index (χ0) is 29.7. The molecule has 0 saturated heterocycles. The normalized spacial score (nSPS) is 11.6. The summed E-state index contributed by atoms with van der Waals surface area (Å²) in [6.45, 7) is 0. The lowest BCUT2D eigenvalue weighted by atomic mass is 9.86. The van der Waals surface area contributed by atoms with Crippen molar-refractivity contribution < 1.29 is 0 Å². The maximum Gasteiger partial charge on any atom is 0.0716 e. The van der Waals surface area contributed by atoms with Crippen molar-refractivity contribution in [3.63, 3.8) is 0 Å². The topological polar surface area (TPSA) is 12.9 Å². The van der Waals surface area contributed by atoms with Gasteiger partial charge in [0.15, 0.2) is 0 Å². The van der Waals surface area contributed by atoms with Gasteiger partial charge in [0.25, 0.3) is 0 Å². The lowest BCUT2D eigenvalue weighted by Crippen LogP contribution is -1.92. The number of nitrogens with zero attached hydrogens (tertiary/aromatic N) is 1. The van der Waals surface area contributed by atoms with E-state index in [9.17, 15) is 0 Å². The van der Waals surface area contributed by atoms with Crippen molar-refractivity contribution in [3.8, 4) is 44.6 Å². The van der Waals surface area contributed by atoms with Gasteiger partial charge < -0.3 is 0 Å². The number of hydrogen-bond acceptors (Lipinski definition) is 2. The second-order valence-electron chi connectivity index (χ2n) is 11.5. The average Bonchev–Trinajstić information content (AvgIpc) is 3.50. The third kappa shape index (κ3) is 4.26. The minimum Gasteiger partial charge on any atom is -0.256 e. The molecule has 9 rings (SSSR count). The van der Waals surface area contributed by atoms with Gasteiger partial charge in [0.05, 0.1) is 5.69 Å². The predicted molar refractivity (Wildman–Crippen MR) is 194 cm³/mol. The molecule has 0 saturated carbocycles. The van der Waals surface area contributed by atoms with E-state index in [0.717, 1.165) is 11.3 Å². The third-order valence-electron chi connectivity index (χ3n) is 8.94. The fourth-order valence-corrected chi connectivity index (χ4v) is 8.09. The first-order valence-electron chi connectivity index (χ1n) is 15.3. The van der Waals surface area contributed by atoms with Gasteiger partial charge in [-0.3, -0.25) is 4.98 Å². The van der Waals surface area contributed by atoms with Crippen LogP contribution >= 0.6 is 11.3 Å². The Balaban J connectivity index is 1.20. The number of hydrogen-bond donors (Lipinski definition) is 0. The Kier molecular flexibility index (Phi) is 6.07. The Morgan fingerprint density at radius 1 is 0.356 bits per heavy atom. The highest BCUT2D eigenvalue weighted by atomic mass is 32.1. The number of aromatic nitrogens is 1. The largest absolute Gasteiger partial charge is 0.256 e. The first-order chi connectivity index (χ1) is 22.3. The zero-order valence-corrected chi connectivity index (χ0v) is 25.3. The molecule has 0 unspecified atom stereocenters. The van der Waals surface area contributed by atoms with Crippen LogP contribution in [0.3, 0.4) is 0 Å². The van der Waals surface area contributed by atoms with E-state index >= 15 is 0 Å². The van der Waals surface area contributed by atoms with Crippen LogP contribution in [0, 0.1) is 0 Å². The molecule has 0 atom stereocenters. The highest BCUT2D eigenvalue weighted by Gasteiger charge is 2.17. The molecule has 0 spiro atoms. The number of fused-ring (bicyclic) bond motifs is 5. The minimum absolute atomic E-state index is 1.000. The van der Waals surface area contributed by atoms with E-state index < -0.39 is 0 Å². The van der Waals surface area contributed by atoms with Gasteiger partial charge >= 0.3 is 0 Å². The molecule has 0 N–H and O–H groups in total. The Labute approximate surface area is 265 Å². The lowest BCUT2D eigenvalue weighted by molar-refractivity contribution is 1.34. The molecule has 0 bridgehead atoms. The van der Waals surface area contributed by atoms with E-state index in [1.807, 2.05) is 11.3 Å².